The topological polar surface area (TPSA) is 101 Å². The second kappa shape index (κ2) is 7.36. The maximum absolute atomic E-state index is 12.2. The highest BCUT2D eigenvalue weighted by Gasteiger charge is 2.25. The van der Waals surface area contributed by atoms with Crippen LogP contribution in [0.3, 0.4) is 0 Å². The minimum Gasteiger partial charge on any atom is -0.474 e. The number of ether oxygens (including phenoxy) is 1. The van der Waals surface area contributed by atoms with Gasteiger partial charge in [-0.1, -0.05) is 4.49 Å². The zero-order valence-corrected chi connectivity index (χ0v) is 14.0. The molecule has 2 aromatic rings. The molecule has 0 saturated heterocycles. The first-order valence-corrected chi connectivity index (χ1v) is 8.55. The van der Waals surface area contributed by atoms with E-state index in [0.29, 0.717) is 22.0 Å². The zero-order chi connectivity index (χ0) is 16.9. The van der Waals surface area contributed by atoms with Crippen molar-refractivity contribution in [2.24, 2.45) is 0 Å². The van der Waals surface area contributed by atoms with Gasteiger partial charge in [0.15, 0.2) is 0 Å². The molecule has 2 aromatic heterocycles. The molecule has 0 bridgehead atoms. The van der Waals surface area contributed by atoms with Crippen molar-refractivity contribution in [1.82, 2.24) is 19.9 Å². The van der Waals surface area contributed by atoms with Gasteiger partial charge in [0.2, 0.25) is 5.88 Å². The van der Waals surface area contributed by atoms with Crippen LogP contribution >= 0.6 is 11.5 Å². The van der Waals surface area contributed by atoms with Gasteiger partial charge in [0.25, 0.3) is 5.91 Å². The molecule has 0 radical (unpaired) electrons. The molecule has 124 valence electrons. The molecule has 0 aliphatic heterocycles. The molecule has 8 heteroatoms. The summed E-state index contributed by atoms with van der Waals surface area (Å²) in [7, 11) is 0. The lowest BCUT2D eigenvalue weighted by atomic mass is 9.93. The van der Waals surface area contributed by atoms with E-state index < -0.39 is 0 Å². The van der Waals surface area contributed by atoms with Crippen molar-refractivity contribution in [3.05, 3.63) is 34.5 Å². The Balaban J connectivity index is 1.48. The van der Waals surface area contributed by atoms with Crippen LogP contribution in [0.4, 0.5) is 0 Å². The molecule has 1 N–H and O–H groups in total. The number of hydrogen-bond donors (Lipinski definition) is 1. The fourth-order valence-electron chi connectivity index (χ4n) is 2.70. The third-order valence-electron chi connectivity index (χ3n) is 4.02. The number of amides is 1. The molecular formula is C16H17N5O2S. The number of carbonyl (C=O) groups excluding carboxylic acids is 1. The number of pyridine rings is 1. The van der Waals surface area contributed by atoms with Gasteiger partial charge < -0.3 is 10.1 Å². The molecule has 1 aliphatic carbocycles. The summed E-state index contributed by atoms with van der Waals surface area (Å²) in [5.74, 6) is 0.438. The summed E-state index contributed by atoms with van der Waals surface area (Å²) in [6.07, 6.45) is 5.02. The summed E-state index contributed by atoms with van der Waals surface area (Å²) in [5, 5.41) is 15.7. The standard InChI is InChI=1S/C16H17N5O2S/c1-10-15(24-21-20-10)16(22)19-12-3-5-13(6-4-12)23-14-7-2-11(8-17)9-18-14/h2,7,9,12-13H,3-6H2,1H3,(H,19,22). The molecular weight excluding hydrogens is 326 g/mol. The molecule has 0 spiro atoms. The third kappa shape index (κ3) is 3.86. The number of rotatable bonds is 4. The van der Waals surface area contributed by atoms with Gasteiger partial charge in [0, 0.05) is 18.3 Å². The summed E-state index contributed by atoms with van der Waals surface area (Å²) >= 11 is 1.12. The number of carbonyl (C=O) groups is 1. The summed E-state index contributed by atoms with van der Waals surface area (Å²) in [6.45, 7) is 1.79. The van der Waals surface area contributed by atoms with Gasteiger partial charge in [0.1, 0.15) is 17.1 Å². The van der Waals surface area contributed by atoms with E-state index in [-0.39, 0.29) is 18.1 Å². The van der Waals surface area contributed by atoms with Gasteiger partial charge >= 0.3 is 0 Å². The van der Waals surface area contributed by atoms with E-state index in [0.717, 1.165) is 37.2 Å². The highest BCUT2D eigenvalue weighted by Crippen LogP contribution is 2.23. The lowest BCUT2D eigenvalue weighted by Crippen LogP contribution is -2.39. The van der Waals surface area contributed by atoms with Crippen LogP contribution in [0.1, 0.15) is 46.6 Å². The Morgan fingerprint density at radius 1 is 1.38 bits per heavy atom. The Kier molecular flexibility index (Phi) is 5.01. The first kappa shape index (κ1) is 16.3. The zero-order valence-electron chi connectivity index (χ0n) is 13.2. The van der Waals surface area contributed by atoms with Crippen LogP contribution in [-0.2, 0) is 0 Å². The maximum atomic E-state index is 12.2. The summed E-state index contributed by atoms with van der Waals surface area (Å²) in [4.78, 5) is 16.9. The second-order valence-corrected chi connectivity index (χ2v) is 6.50. The number of hydrogen-bond acceptors (Lipinski definition) is 7. The summed E-state index contributed by atoms with van der Waals surface area (Å²) in [5.41, 5.74) is 1.18. The van der Waals surface area contributed by atoms with E-state index in [2.05, 4.69) is 19.9 Å². The molecule has 3 rings (SSSR count). The number of aromatic nitrogens is 3. The molecule has 1 fully saturated rings. The lowest BCUT2D eigenvalue weighted by Gasteiger charge is -2.29. The van der Waals surface area contributed by atoms with E-state index in [4.69, 9.17) is 10.00 Å². The normalized spacial score (nSPS) is 20.2. The van der Waals surface area contributed by atoms with Crippen molar-refractivity contribution in [1.29, 1.82) is 5.26 Å². The van der Waals surface area contributed by atoms with Crippen LogP contribution in [0.5, 0.6) is 5.88 Å². The highest BCUT2D eigenvalue weighted by molar-refractivity contribution is 7.08. The van der Waals surface area contributed by atoms with Crippen molar-refractivity contribution in [2.45, 2.75) is 44.8 Å². The van der Waals surface area contributed by atoms with Crippen LogP contribution in [0, 0.1) is 18.3 Å². The predicted molar refractivity (Wildman–Crippen MR) is 87.7 cm³/mol. The van der Waals surface area contributed by atoms with Crippen LogP contribution in [0.2, 0.25) is 0 Å². The fraction of sp³-hybridized carbons (Fsp3) is 0.438. The van der Waals surface area contributed by atoms with Crippen molar-refractivity contribution in [3.63, 3.8) is 0 Å². The van der Waals surface area contributed by atoms with Crippen LogP contribution in [0.25, 0.3) is 0 Å². The monoisotopic (exact) mass is 343 g/mol. The molecule has 0 aromatic carbocycles. The van der Waals surface area contributed by atoms with E-state index in [1.54, 1.807) is 19.1 Å². The molecule has 1 saturated carbocycles. The molecule has 1 amide bonds. The number of aryl methyl sites for hydroxylation is 1. The van der Waals surface area contributed by atoms with E-state index in [1.165, 1.54) is 6.20 Å². The Morgan fingerprint density at radius 3 is 2.75 bits per heavy atom. The van der Waals surface area contributed by atoms with Gasteiger partial charge in [-0.25, -0.2) is 4.98 Å². The molecule has 2 heterocycles. The van der Waals surface area contributed by atoms with Gasteiger partial charge in [-0.2, -0.15) is 5.26 Å². The Hall–Kier alpha value is -2.53. The smallest absolute Gasteiger partial charge is 0.265 e. The predicted octanol–water partition coefficient (Wildman–Crippen LogP) is 2.23. The minimum atomic E-state index is -0.0966. The van der Waals surface area contributed by atoms with Crippen molar-refractivity contribution >= 4 is 17.4 Å². The van der Waals surface area contributed by atoms with Crippen molar-refractivity contribution in [2.75, 3.05) is 0 Å². The second-order valence-electron chi connectivity index (χ2n) is 5.75. The SMILES string of the molecule is Cc1nnsc1C(=O)NC1CCC(Oc2ccc(C#N)cn2)CC1. The first-order valence-electron chi connectivity index (χ1n) is 7.78. The van der Waals surface area contributed by atoms with Crippen LogP contribution in [0.15, 0.2) is 18.3 Å². The van der Waals surface area contributed by atoms with Crippen LogP contribution in [-0.4, -0.2) is 32.6 Å². The first-order chi connectivity index (χ1) is 11.7. The van der Waals surface area contributed by atoms with E-state index >= 15 is 0 Å². The molecule has 24 heavy (non-hydrogen) atoms. The molecule has 1 aliphatic rings. The van der Waals surface area contributed by atoms with E-state index in [1.807, 2.05) is 6.07 Å². The fourth-order valence-corrected chi connectivity index (χ4v) is 3.26. The Labute approximate surface area is 143 Å². The van der Waals surface area contributed by atoms with Gasteiger partial charge in [-0.15, -0.1) is 5.10 Å². The molecule has 0 atom stereocenters. The number of nitriles is 1. The lowest BCUT2D eigenvalue weighted by molar-refractivity contribution is 0.0893. The quantitative estimate of drug-likeness (QED) is 0.913. The minimum absolute atomic E-state index is 0.0883. The average Bonchev–Trinajstić information content (AvgIpc) is 3.03. The average molecular weight is 343 g/mol. The summed E-state index contributed by atoms with van der Waals surface area (Å²) in [6, 6.07) is 5.59. The van der Waals surface area contributed by atoms with E-state index in [9.17, 15) is 4.79 Å². The summed E-state index contributed by atoms with van der Waals surface area (Å²) < 4.78 is 9.64. The largest absolute Gasteiger partial charge is 0.474 e. The van der Waals surface area contributed by atoms with Crippen LogP contribution < -0.4 is 10.1 Å². The number of nitrogens with zero attached hydrogens (tertiary/aromatic N) is 4. The maximum Gasteiger partial charge on any atom is 0.265 e. The third-order valence-corrected chi connectivity index (χ3v) is 4.85. The Morgan fingerprint density at radius 2 is 2.17 bits per heavy atom. The molecule has 7 nitrogen and oxygen atoms in total. The molecule has 0 unspecified atom stereocenters. The van der Waals surface area contributed by atoms with Gasteiger partial charge in [0.05, 0.1) is 11.3 Å². The Bertz CT molecular complexity index is 745. The highest BCUT2D eigenvalue weighted by atomic mass is 32.1. The number of nitrogens with one attached hydrogen (secondary N) is 1. The van der Waals surface area contributed by atoms with Gasteiger partial charge in [-0.05, 0) is 50.2 Å². The van der Waals surface area contributed by atoms with Crippen molar-refractivity contribution < 1.29 is 9.53 Å². The van der Waals surface area contributed by atoms with Crippen molar-refractivity contribution in [3.8, 4) is 11.9 Å². The van der Waals surface area contributed by atoms with Gasteiger partial charge in [-0.3, -0.25) is 4.79 Å².